The molecule has 3 aromatic rings. The number of hydrogen-bond acceptors (Lipinski definition) is 7. The molecule has 1 aromatic carbocycles. The lowest BCUT2D eigenvalue weighted by atomic mass is 9.96. The van der Waals surface area contributed by atoms with Gasteiger partial charge >= 0.3 is 5.69 Å². The van der Waals surface area contributed by atoms with E-state index in [1.807, 2.05) is 51.1 Å². The smallest absolute Gasteiger partial charge is 0.324 e. The van der Waals surface area contributed by atoms with Crippen molar-refractivity contribution < 1.29 is 0 Å². The summed E-state index contributed by atoms with van der Waals surface area (Å²) in [6.07, 6.45) is 0. The maximum Gasteiger partial charge on any atom is 0.327 e. The molecule has 9 nitrogen and oxygen atoms in total. The quantitative estimate of drug-likeness (QED) is 0.565. The Hall–Kier alpha value is -3.49. The molecule has 26 heavy (non-hydrogen) atoms. The molecule has 3 rings (SSSR count). The molecular formula is C17H19N7O2. The zero-order valence-electron chi connectivity index (χ0n) is 14.6. The molecule has 0 amide bonds. The molecule has 0 saturated heterocycles. The maximum atomic E-state index is 11.5. The highest BCUT2D eigenvalue weighted by Gasteiger charge is 2.20. The van der Waals surface area contributed by atoms with E-state index in [1.165, 1.54) is 6.07 Å². The van der Waals surface area contributed by atoms with Gasteiger partial charge in [0, 0.05) is 17.2 Å². The molecule has 0 radical (unpaired) electrons. The molecule has 2 heterocycles. The maximum absolute atomic E-state index is 11.5. The molecule has 0 aliphatic carbocycles. The van der Waals surface area contributed by atoms with Crippen molar-refractivity contribution in [2.75, 3.05) is 10.6 Å². The van der Waals surface area contributed by atoms with Crippen LogP contribution in [0.25, 0.3) is 0 Å². The van der Waals surface area contributed by atoms with Crippen LogP contribution in [0.5, 0.6) is 0 Å². The molecule has 0 spiro atoms. The van der Waals surface area contributed by atoms with Crippen LogP contribution < -0.4 is 21.9 Å². The Bertz CT molecular complexity index is 991. The van der Waals surface area contributed by atoms with Crippen LogP contribution in [0.15, 0.2) is 46.0 Å². The molecule has 0 unspecified atom stereocenters. The third-order valence-electron chi connectivity index (χ3n) is 3.34. The fraction of sp³-hybridized carbons (Fsp3) is 0.235. The zero-order valence-corrected chi connectivity index (χ0v) is 14.6. The van der Waals surface area contributed by atoms with Crippen molar-refractivity contribution >= 4 is 23.4 Å². The lowest BCUT2D eigenvalue weighted by Crippen LogP contribution is -2.23. The van der Waals surface area contributed by atoms with E-state index in [4.69, 9.17) is 0 Å². The second-order valence-corrected chi connectivity index (χ2v) is 6.67. The summed E-state index contributed by atoms with van der Waals surface area (Å²) < 4.78 is 0. The van der Waals surface area contributed by atoms with Crippen LogP contribution in [0.2, 0.25) is 0 Å². The van der Waals surface area contributed by atoms with Crippen LogP contribution in [0.1, 0.15) is 26.6 Å². The molecular weight excluding hydrogens is 334 g/mol. The summed E-state index contributed by atoms with van der Waals surface area (Å²) in [6.45, 7) is 5.94. The lowest BCUT2D eigenvalue weighted by molar-refractivity contribution is 0.544. The average Bonchev–Trinajstić information content (AvgIpc) is 2.53. The summed E-state index contributed by atoms with van der Waals surface area (Å²) in [5.74, 6) is 1.31. The van der Waals surface area contributed by atoms with Gasteiger partial charge in [0.15, 0.2) is 0 Å². The lowest BCUT2D eigenvalue weighted by Gasteiger charge is -2.18. The van der Waals surface area contributed by atoms with Gasteiger partial charge in [-0.3, -0.25) is 14.8 Å². The number of nitrogens with one attached hydrogen (secondary N) is 4. The summed E-state index contributed by atoms with van der Waals surface area (Å²) >= 11 is 0. The van der Waals surface area contributed by atoms with Gasteiger partial charge in [-0.05, 0) is 12.1 Å². The minimum Gasteiger partial charge on any atom is -0.324 e. The highest BCUT2D eigenvalue weighted by atomic mass is 16.2. The SMILES string of the molecule is CC(C)(C)c1nc(Nc2ccccc2)nc(Nc2cc(=O)[nH]c(=O)[nH]2)n1. The van der Waals surface area contributed by atoms with Gasteiger partial charge in [-0.15, -0.1) is 0 Å². The first-order chi connectivity index (χ1) is 12.3. The molecule has 9 heteroatoms. The van der Waals surface area contributed by atoms with Gasteiger partial charge in [-0.2, -0.15) is 15.0 Å². The zero-order chi connectivity index (χ0) is 18.7. The first kappa shape index (κ1) is 17.3. The highest BCUT2D eigenvalue weighted by molar-refractivity contribution is 5.55. The minimum atomic E-state index is -0.618. The van der Waals surface area contributed by atoms with Gasteiger partial charge in [-0.25, -0.2) is 4.79 Å². The van der Waals surface area contributed by atoms with E-state index in [0.29, 0.717) is 11.8 Å². The van der Waals surface area contributed by atoms with Gasteiger partial charge in [0.25, 0.3) is 5.56 Å². The van der Waals surface area contributed by atoms with Gasteiger partial charge in [0.2, 0.25) is 11.9 Å². The van der Waals surface area contributed by atoms with Gasteiger partial charge in [-0.1, -0.05) is 39.0 Å². The largest absolute Gasteiger partial charge is 0.327 e. The molecule has 0 bridgehead atoms. The van der Waals surface area contributed by atoms with Crippen LogP contribution in [0, 0.1) is 0 Å². The summed E-state index contributed by atoms with van der Waals surface area (Å²) in [4.78, 5) is 40.6. The molecule has 134 valence electrons. The number of benzene rings is 1. The number of H-pyrrole nitrogens is 2. The normalized spacial score (nSPS) is 11.2. The van der Waals surface area contributed by atoms with Crippen LogP contribution in [-0.2, 0) is 5.41 Å². The van der Waals surface area contributed by atoms with Crippen LogP contribution in [0.3, 0.4) is 0 Å². The Kier molecular flexibility index (Phi) is 4.53. The van der Waals surface area contributed by atoms with Gasteiger partial charge in [0.1, 0.15) is 11.6 Å². The van der Waals surface area contributed by atoms with E-state index in [0.717, 1.165) is 5.69 Å². The Balaban J connectivity index is 1.99. The Morgan fingerprint density at radius 2 is 1.54 bits per heavy atom. The number of nitrogens with zero attached hydrogens (tertiary/aromatic N) is 3. The van der Waals surface area contributed by atoms with E-state index in [1.54, 1.807) is 0 Å². The van der Waals surface area contributed by atoms with Crippen molar-refractivity contribution in [3.63, 3.8) is 0 Å². The number of para-hydroxylation sites is 1. The molecule has 0 saturated carbocycles. The number of anilines is 4. The van der Waals surface area contributed by atoms with Crippen molar-refractivity contribution in [1.82, 2.24) is 24.9 Å². The summed E-state index contributed by atoms with van der Waals surface area (Å²) in [7, 11) is 0. The summed E-state index contributed by atoms with van der Waals surface area (Å²) in [6, 6.07) is 10.7. The monoisotopic (exact) mass is 353 g/mol. The molecule has 0 atom stereocenters. The van der Waals surface area contributed by atoms with Crippen molar-refractivity contribution in [2.45, 2.75) is 26.2 Å². The third kappa shape index (κ3) is 4.32. The molecule has 0 fully saturated rings. The topological polar surface area (TPSA) is 128 Å². The predicted molar refractivity (Wildman–Crippen MR) is 99.2 cm³/mol. The number of rotatable bonds is 4. The van der Waals surface area contributed by atoms with E-state index in [2.05, 4.69) is 35.6 Å². The fourth-order valence-electron chi connectivity index (χ4n) is 2.13. The van der Waals surface area contributed by atoms with Crippen molar-refractivity contribution in [1.29, 1.82) is 0 Å². The highest BCUT2D eigenvalue weighted by Crippen LogP contribution is 2.22. The Labute approximate surface area is 149 Å². The second-order valence-electron chi connectivity index (χ2n) is 6.67. The summed E-state index contributed by atoms with van der Waals surface area (Å²) in [5.41, 5.74) is -0.639. The van der Waals surface area contributed by atoms with Gasteiger partial charge in [0.05, 0.1) is 0 Å². The Morgan fingerprint density at radius 3 is 2.15 bits per heavy atom. The van der Waals surface area contributed by atoms with Crippen molar-refractivity contribution in [3.05, 3.63) is 63.1 Å². The van der Waals surface area contributed by atoms with E-state index in [9.17, 15) is 9.59 Å². The summed E-state index contributed by atoms with van der Waals surface area (Å²) in [5, 5.41) is 5.97. The first-order valence-electron chi connectivity index (χ1n) is 7.99. The van der Waals surface area contributed by atoms with Crippen LogP contribution in [0.4, 0.5) is 23.4 Å². The first-order valence-corrected chi connectivity index (χ1v) is 7.99. The fourth-order valence-corrected chi connectivity index (χ4v) is 2.13. The minimum absolute atomic E-state index is 0.190. The van der Waals surface area contributed by atoms with E-state index in [-0.39, 0.29) is 17.2 Å². The number of aromatic amines is 2. The molecule has 0 aliphatic rings. The van der Waals surface area contributed by atoms with Crippen molar-refractivity contribution in [2.24, 2.45) is 0 Å². The molecule has 4 N–H and O–H groups in total. The van der Waals surface area contributed by atoms with Gasteiger partial charge < -0.3 is 10.6 Å². The predicted octanol–water partition coefficient (Wildman–Crippen LogP) is 2.03. The van der Waals surface area contributed by atoms with Crippen molar-refractivity contribution in [3.8, 4) is 0 Å². The third-order valence-corrected chi connectivity index (χ3v) is 3.34. The average molecular weight is 353 g/mol. The van der Waals surface area contributed by atoms with E-state index < -0.39 is 11.2 Å². The van der Waals surface area contributed by atoms with Crippen LogP contribution >= 0.6 is 0 Å². The standard InChI is InChI=1S/C17H19N7O2/c1-17(2,3)13-22-14(18-10-7-5-4-6-8-10)24-15(23-13)19-11-9-12(25)21-16(26)20-11/h4-9H,1-3H3,(H4,18,19,20,21,22,23,24,25,26). The molecule has 2 aromatic heterocycles. The number of aromatic nitrogens is 5. The second kappa shape index (κ2) is 6.79. The molecule has 0 aliphatic heterocycles. The number of hydrogen-bond donors (Lipinski definition) is 4. The van der Waals surface area contributed by atoms with E-state index >= 15 is 0 Å². The Morgan fingerprint density at radius 1 is 0.885 bits per heavy atom. The van der Waals surface area contributed by atoms with Crippen LogP contribution in [-0.4, -0.2) is 24.9 Å².